The van der Waals surface area contributed by atoms with Crippen molar-refractivity contribution in [2.45, 2.75) is 45.8 Å². The Labute approximate surface area is 121 Å². The molecule has 0 spiro atoms. The van der Waals surface area contributed by atoms with Gasteiger partial charge in [-0.2, -0.15) is 0 Å². The molecule has 0 fully saturated rings. The molecule has 0 aliphatic carbocycles. The minimum atomic E-state index is 0.306. The van der Waals surface area contributed by atoms with E-state index in [4.69, 9.17) is 14.2 Å². The van der Waals surface area contributed by atoms with Gasteiger partial charge in [0.25, 0.3) is 0 Å². The van der Waals surface area contributed by atoms with Crippen molar-refractivity contribution in [3.05, 3.63) is 23.8 Å². The summed E-state index contributed by atoms with van der Waals surface area (Å²) in [4.78, 5) is 0. The summed E-state index contributed by atoms with van der Waals surface area (Å²) in [6.45, 7) is 8.34. The molecule has 0 saturated carbocycles. The molecular weight excluding hydrogens is 254 g/mol. The van der Waals surface area contributed by atoms with E-state index in [0.29, 0.717) is 18.9 Å². The van der Waals surface area contributed by atoms with Gasteiger partial charge >= 0.3 is 0 Å². The van der Waals surface area contributed by atoms with E-state index in [1.165, 1.54) is 5.56 Å². The summed E-state index contributed by atoms with van der Waals surface area (Å²) >= 11 is 0. The number of fused-ring (bicyclic) bond motifs is 1. The van der Waals surface area contributed by atoms with Crippen LogP contribution in [-0.2, 0) is 11.2 Å². The molecule has 0 aromatic heterocycles. The number of nitrogens with one attached hydrogen (secondary N) is 1. The van der Waals surface area contributed by atoms with Gasteiger partial charge in [-0.05, 0) is 51.3 Å². The second-order valence-electron chi connectivity index (χ2n) is 5.50. The van der Waals surface area contributed by atoms with Crippen molar-refractivity contribution in [1.82, 2.24) is 5.32 Å². The average Bonchev–Trinajstić information content (AvgIpc) is 2.88. The van der Waals surface area contributed by atoms with Gasteiger partial charge in [0, 0.05) is 12.6 Å². The number of ether oxygens (including phenoxy) is 3. The number of rotatable bonds is 8. The smallest absolute Gasteiger partial charge is 0.231 e. The monoisotopic (exact) mass is 279 g/mol. The van der Waals surface area contributed by atoms with Crippen LogP contribution in [0.15, 0.2) is 18.2 Å². The summed E-state index contributed by atoms with van der Waals surface area (Å²) < 4.78 is 16.2. The van der Waals surface area contributed by atoms with Gasteiger partial charge in [0.1, 0.15) is 0 Å². The highest BCUT2D eigenvalue weighted by Crippen LogP contribution is 2.32. The van der Waals surface area contributed by atoms with Crippen molar-refractivity contribution in [3.63, 3.8) is 0 Å². The highest BCUT2D eigenvalue weighted by atomic mass is 16.7. The fraction of sp³-hybridized carbons (Fsp3) is 0.625. The van der Waals surface area contributed by atoms with Gasteiger partial charge in [-0.25, -0.2) is 0 Å². The Kier molecular flexibility index (Phi) is 5.68. The lowest BCUT2D eigenvalue weighted by Gasteiger charge is -2.15. The van der Waals surface area contributed by atoms with E-state index in [0.717, 1.165) is 37.5 Å². The van der Waals surface area contributed by atoms with Crippen LogP contribution in [-0.4, -0.2) is 32.1 Å². The van der Waals surface area contributed by atoms with E-state index < -0.39 is 0 Å². The first-order valence-corrected chi connectivity index (χ1v) is 7.38. The summed E-state index contributed by atoms with van der Waals surface area (Å²) in [5, 5.41) is 3.48. The SMILES string of the molecule is CC(CCc1ccc2c(c1)OCO2)NCCOC(C)C. The summed E-state index contributed by atoms with van der Waals surface area (Å²) in [6.07, 6.45) is 2.44. The predicted molar refractivity (Wildman–Crippen MR) is 79.4 cm³/mol. The second-order valence-corrected chi connectivity index (χ2v) is 5.50. The van der Waals surface area contributed by atoms with Gasteiger partial charge in [0.15, 0.2) is 11.5 Å². The number of benzene rings is 1. The molecular formula is C16H25NO3. The van der Waals surface area contributed by atoms with Crippen molar-refractivity contribution in [1.29, 1.82) is 0 Å². The predicted octanol–water partition coefficient (Wildman–Crippen LogP) is 2.75. The van der Waals surface area contributed by atoms with Crippen molar-refractivity contribution in [2.24, 2.45) is 0 Å². The van der Waals surface area contributed by atoms with E-state index in [-0.39, 0.29) is 0 Å². The molecule has 0 amide bonds. The first-order chi connectivity index (χ1) is 9.65. The van der Waals surface area contributed by atoms with Gasteiger partial charge in [-0.1, -0.05) is 6.07 Å². The van der Waals surface area contributed by atoms with Gasteiger partial charge in [-0.15, -0.1) is 0 Å². The fourth-order valence-corrected chi connectivity index (χ4v) is 2.18. The molecule has 112 valence electrons. The maximum absolute atomic E-state index is 5.51. The molecule has 1 heterocycles. The molecule has 2 rings (SSSR count). The van der Waals surface area contributed by atoms with Crippen LogP contribution in [0.3, 0.4) is 0 Å². The lowest BCUT2D eigenvalue weighted by molar-refractivity contribution is 0.0795. The van der Waals surface area contributed by atoms with E-state index in [1.54, 1.807) is 0 Å². The molecule has 4 nitrogen and oxygen atoms in total. The zero-order chi connectivity index (χ0) is 14.4. The Morgan fingerprint density at radius 1 is 1.20 bits per heavy atom. The molecule has 4 heteroatoms. The van der Waals surface area contributed by atoms with Crippen LogP contribution in [0, 0.1) is 0 Å². The first kappa shape index (κ1) is 15.1. The highest BCUT2D eigenvalue weighted by Gasteiger charge is 2.13. The fourth-order valence-electron chi connectivity index (χ4n) is 2.18. The number of hydrogen-bond donors (Lipinski definition) is 1. The van der Waals surface area contributed by atoms with Gasteiger partial charge in [0.2, 0.25) is 6.79 Å². The molecule has 20 heavy (non-hydrogen) atoms. The molecule has 1 atom stereocenters. The van der Waals surface area contributed by atoms with Crippen LogP contribution in [0.25, 0.3) is 0 Å². The Morgan fingerprint density at radius 2 is 2.00 bits per heavy atom. The van der Waals surface area contributed by atoms with Crippen molar-refractivity contribution in [3.8, 4) is 11.5 Å². The number of hydrogen-bond acceptors (Lipinski definition) is 4. The summed E-state index contributed by atoms with van der Waals surface area (Å²) in [7, 11) is 0. The van der Waals surface area contributed by atoms with E-state index in [9.17, 15) is 0 Å². The molecule has 1 N–H and O–H groups in total. The lowest BCUT2D eigenvalue weighted by atomic mass is 10.1. The number of aryl methyl sites for hydroxylation is 1. The second kappa shape index (κ2) is 7.50. The molecule has 1 aromatic rings. The first-order valence-electron chi connectivity index (χ1n) is 7.38. The lowest BCUT2D eigenvalue weighted by Crippen LogP contribution is -2.30. The largest absolute Gasteiger partial charge is 0.454 e. The normalized spacial score (nSPS) is 14.8. The summed E-state index contributed by atoms with van der Waals surface area (Å²) in [5.74, 6) is 1.72. The third-order valence-corrected chi connectivity index (χ3v) is 3.35. The molecule has 1 unspecified atom stereocenters. The zero-order valence-corrected chi connectivity index (χ0v) is 12.6. The Hall–Kier alpha value is -1.26. The Balaban J connectivity index is 1.67. The van der Waals surface area contributed by atoms with Crippen LogP contribution in [0.4, 0.5) is 0 Å². The minimum absolute atomic E-state index is 0.306. The van der Waals surface area contributed by atoms with E-state index >= 15 is 0 Å². The maximum atomic E-state index is 5.51. The standard InChI is InChI=1S/C16H25NO3/c1-12(2)18-9-8-17-13(3)4-5-14-6-7-15-16(10-14)20-11-19-15/h6-7,10,12-13,17H,4-5,8-9,11H2,1-3H3. The van der Waals surface area contributed by atoms with Gasteiger partial charge in [-0.3, -0.25) is 0 Å². The minimum Gasteiger partial charge on any atom is -0.454 e. The van der Waals surface area contributed by atoms with Crippen LogP contribution in [0.5, 0.6) is 11.5 Å². The summed E-state index contributed by atoms with van der Waals surface area (Å²) in [6, 6.07) is 6.67. The topological polar surface area (TPSA) is 39.7 Å². The molecule has 1 aliphatic rings. The van der Waals surface area contributed by atoms with Crippen LogP contribution < -0.4 is 14.8 Å². The Morgan fingerprint density at radius 3 is 2.80 bits per heavy atom. The van der Waals surface area contributed by atoms with Crippen LogP contribution in [0.2, 0.25) is 0 Å². The molecule has 0 bridgehead atoms. The van der Waals surface area contributed by atoms with Gasteiger partial charge in [0.05, 0.1) is 12.7 Å². The summed E-state index contributed by atoms with van der Waals surface area (Å²) in [5.41, 5.74) is 1.29. The maximum Gasteiger partial charge on any atom is 0.231 e. The van der Waals surface area contributed by atoms with Crippen molar-refractivity contribution in [2.75, 3.05) is 19.9 Å². The molecule has 0 saturated heterocycles. The van der Waals surface area contributed by atoms with Crippen molar-refractivity contribution < 1.29 is 14.2 Å². The van der Waals surface area contributed by atoms with Crippen molar-refractivity contribution >= 4 is 0 Å². The quantitative estimate of drug-likeness (QED) is 0.743. The highest BCUT2D eigenvalue weighted by molar-refractivity contribution is 5.44. The van der Waals surface area contributed by atoms with E-state index in [1.807, 2.05) is 6.07 Å². The van der Waals surface area contributed by atoms with E-state index in [2.05, 4.69) is 38.2 Å². The zero-order valence-electron chi connectivity index (χ0n) is 12.6. The van der Waals surface area contributed by atoms with Gasteiger partial charge < -0.3 is 19.5 Å². The average molecular weight is 279 g/mol. The molecule has 0 radical (unpaired) electrons. The third-order valence-electron chi connectivity index (χ3n) is 3.35. The Bertz CT molecular complexity index is 420. The molecule has 1 aliphatic heterocycles. The third kappa shape index (κ3) is 4.69. The molecule has 1 aromatic carbocycles. The van der Waals surface area contributed by atoms with Crippen LogP contribution in [0.1, 0.15) is 32.8 Å². The van der Waals surface area contributed by atoms with Crippen LogP contribution >= 0.6 is 0 Å².